The summed E-state index contributed by atoms with van der Waals surface area (Å²) >= 11 is 0. The molecule has 2 aromatic heterocycles. The Hall–Kier alpha value is -3.49. The van der Waals surface area contributed by atoms with Crippen LogP contribution in [0.5, 0.6) is 11.9 Å². The quantitative estimate of drug-likeness (QED) is 0.724. The molecule has 3 aromatic rings. The van der Waals surface area contributed by atoms with Crippen molar-refractivity contribution in [3.05, 3.63) is 35.4 Å². The molecule has 9 heteroatoms. The molecule has 1 fully saturated rings. The number of aromatic nitrogens is 3. The van der Waals surface area contributed by atoms with E-state index in [0.29, 0.717) is 40.0 Å². The van der Waals surface area contributed by atoms with Crippen LogP contribution in [0.25, 0.3) is 22.0 Å². The Balaban J connectivity index is 1.76. The summed E-state index contributed by atoms with van der Waals surface area (Å²) in [5.74, 6) is -0.467. The zero-order chi connectivity index (χ0) is 20.3. The van der Waals surface area contributed by atoms with Crippen molar-refractivity contribution in [3.63, 3.8) is 0 Å². The molecule has 0 radical (unpaired) electrons. The van der Waals surface area contributed by atoms with Crippen molar-refractivity contribution in [2.75, 3.05) is 20.0 Å². The lowest BCUT2D eigenvalue weighted by atomic mass is 10.00. The number of amides is 1. The van der Waals surface area contributed by atoms with Gasteiger partial charge in [0.1, 0.15) is 5.82 Å². The minimum Gasteiger partial charge on any atom is -0.480 e. The van der Waals surface area contributed by atoms with E-state index in [1.165, 1.54) is 26.5 Å². The lowest BCUT2D eigenvalue weighted by Gasteiger charge is -2.14. The SMILES string of the molecule is COc1ncc(-c2c(F)ccc3c(N)c4c(nc23)CN(C2CC2)C4=O)c(OC)n1. The van der Waals surface area contributed by atoms with Gasteiger partial charge in [0.05, 0.1) is 54.4 Å². The summed E-state index contributed by atoms with van der Waals surface area (Å²) in [7, 11) is 2.86. The maximum absolute atomic E-state index is 15.0. The number of benzene rings is 1. The zero-order valence-corrected chi connectivity index (χ0v) is 15.9. The maximum atomic E-state index is 15.0. The van der Waals surface area contributed by atoms with Crippen LogP contribution in [0.4, 0.5) is 10.1 Å². The van der Waals surface area contributed by atoms with Crippen molar-refractivity contribution in [2.24, 2.45) is 0 Å². The molecular weight excluding hydrogens is 377 g/mol. The van der Waals surface area contributed by atoms with Crippen LogP contribution in [0, 0.1) is 5.82 Å². The van der Waals surface area contributed by atoms with Gasteiger partial charge in [-0.25, -0.2) is 14.4 Å². The van der Waals surface area contributed by atoms with Gasteiger partial charge in [0.25, 0.3) is 5.91 Å². The standard InChI is InChI=1S/C20H18FN5O3/c1-28-18-11(7-23-20(25-18)29-2)14-12(21)6-5-10-16(22)15-13(24-17(10)14)8-26(19(15)27)9-3-4-9/h5-7,9H,3-4,8H2,1-2H3,(H2,22,24). The number of hydrogen-bond donors (Lipinski definition) is 1. The first-order valence-electron chi connectivity index (χ1n) is 9.20. The number of pyridine rings is 1. The first-order chi connectivity index (χ1) is 14.0. The van der Waals surface area contributed by atoms with E-state index < -0.39 is 5.82 Å². The van der Waals surface area contributed by atoms with Crippen molar-refractivity contribution >= 4 is 22.5 Å². The monoisotopic (exact) mass is 395 g/mol. The number of hydrogen-bond acceptors (Lipinski definition) is 7. The Labute approximate surface area is 165 Å². The molecule has 148 valence electrons. The van der Waals surface area contributed by atoms with E-state index in [2.05, 4.69) is 15.0 Å². The first-order valence-corrected chi connectivity index (χ1v) is 9.20. The van der Waals surface area contributed by atoms with Crippen molar-refractivity contribution < 1.29 is 18.7 Å². The van der Waals surface area contributed by atoms with Crippen LogP contribution in [0.2, 0.25) is 0 Å². The molecule has 3 heterocycles. The lowest BCUT2D eigenvalue weighted by Crippen LogP contribution is -2.26. The van der Waals surface area contributed by atoms with Crippen LogP contribution in [-0.2, 0) is 6.54 Å². The minimum absolute atomic E-state index is 0.102. The minimum atomic E-state index is -0.514. The summed E-state index contributed by atoms with van der Waals surface area (Å²) in [6.45, 7) is 0.380. The maximum Gasteiger partial charge on any atom is 0.319 e. The van der Waals surface area contributed by atoms with Crippen LogP contribution in [0.3, 0.4) is 0 Å². The average molecular weight is 395 g/mol. The molecule has 1 aliphatic heterocycles. The van der Waals surface area contributed by atoms with E-state index in [9.17, 15) is 9.18 Å². The highest BCUT2D eigenvalue weighted by Gasteiger charge is 2.40. The van der Waals surface area contributed by atoms with Crippen LogP contribution in [0.15, 0.2) is 18.3 Å². The molecule has 0 spiro atoms. The van der Waals surface area contributed by atoms with Gasteiger partial charge < -0.3 is 20.1 Å². The summed E-state index contributed by atoms with van der Waals surface area (Å²) in [6.07, 6.45) is 3.40. The average Bonchev–Trinajstić information content (AvgIpc) is 3.51. The Morgan fingerprint density at radius 3 is 2.66 bits per heavy atom. The fourth-order valence-electron chi connectivity index (χ4n) is 3.82. The number of nitrogen functional groups attached to an aromatic ring is 1. The van der Waals surface area contributed by atoms with Crippen molar-refractivity contribution in [1.82, 2.24) is 19.9 Å². The summed E-state index contributed by atoms with van der Waals surface area (Å²) in [5, 5.41) is 0.504. The normalized spacial score (nSPS) is 15.7. The highest BCUT2D eigenvalue weighted by atomic mass is 19.1. The summed E-state index contributed by atoms with van der Waals surface area (Å²) in [4.78, 5) is 27.5. The fourth-order valence-corrected chi connectivity index (χ4v) is 3.82. The van der Waals surface area contributed by atoms with E-state index in [1.807, 2.05) is 0 Å². The molecule has 1 aromatic carbocycles. The highest BCUT2D eigenvalue weighted by molar-refractivity contribution is 6.11. The molecule has 0 atom stereocenters. The summed E-state index contributed by atoms with van der Waals surface area (Å²) in [6, 6.07) is 3.18. The van der Waals surface area contributed by atoms with Gasteiger partial charge in [0, 0.05) is 17.6 Å². The highest BCUT2D eigenvalue weighted by Crippen LogP contribution is 2.42. The Morgan fingerprint density at radius 2 is 1.97 bits per heavy atom. The van der Waals surface area contributed by atoms with Crippen LogP contribution in [0.1, 0.15) is 28.9 Å². The molecule has 1 aliphatic carbocycles. The van der Waals surface area contributed by atoms with E-state index in [4.69, 9.17) is 15.2 Å². The number of methoxy groups -OCH3 is 2. The van der Waals surface area contributed by atoms with Gasteiger partial charge in [-0.05, 0) is 25.0 Å². The van der Waals surface area contributed by atoms with Crippen molar-refractivity contribution in [2.45, 2.75) is 25.4 Å². The molecule has 29 heavy (non-hydrogen) atoms. The molecule has 8 nitrogen and oxygen atoms in total. The summed E-state index contributed by atoms with van der Waals surface area (Å²) in [5.41, 5.74) is 8.50. The van der Waals surface area contributed by atoms with Gasteiger partial charge in [0.15, 0.2) is 0 Å². The number of ether oxygens (including phenoxy) is 2. The number of carbonyl (C=O) groups excluding carboxylic acids is 1. The third kappa shape index (κ3) is 2.57. The number of anilines is 1. The second-order valence-electron chi connectivity index (χ2n) is 7.11. The second-order valence-corrected chi connectivity index (χ2v) is 7.11. The number of halogens is 1. The van der Waals surface area contributed by atoms with Gasteiger partial charge in [-0.1, -0.05) is 0 Å². The molecule has 5 rings (SSSR count). The number of nitrogens with two attached hydrogens (primary N) is 1. The number of fused-ring (bicyclic) bond motifs is 2. The van der Waals surface area contributed by atoms with E-state index >= 15 is 0 Å². The van der Waals surface area contributed by atoms with Crippen molar-refractivity contribution in [1.29, 1.82) is 0 Å². The van der Waals surface area contributed by atoms with Gasteiger partial charge in [-0.3, -0.25) is 4.79 Å². The third-order valence-corrected chi connectivity index (χ3v) is 5.38. The number of nitrogens with zero attached hydrogens (tertiary/aromatic N) is 4. The Bertz CT molecular complexity index is 1180. The van der Waals surface area contributed by atoms with Gasteiger partial charge in [-0.2, -0.15) is 4.98 Å². The lowest BCUT2D eigenvalue weighted by molar-refractivity contribution is 0.0767. The van der Waals surface area contributed by atoms with E-state index in [0.717, 1.165) is 12.8 Å². The summed E-state index contributed by atoms with van der Waals surface area (Å²) < 4.78 is 25.3. The molecule has 0 bridgehead atoms. The number of carbonyl (C=O) groups is 1. The topological polar surface area (TPSA) is 103 Å². The molecule has 0 unspecified atom stereocenters. The fraction of sp³-hybridized carbons (Fsp3) is 0.300. The van der Waals surface area contributed by atoms with E-state index in [1.54, 1.807) is 11.0 Å². The van der Waals surface area contributed by atoms with Gasteiger partial charge in [0.2, 0.25) is 5.88 Å². The van der Waals surface area contributed by atoms with E-state index in [-0.39, 0.29) is 29.4 Å². The molecule has 1 amide bonds. The third-order valence-electron chi connectivity index (χ3n) is 5.38. The molecule has 2 aliphatic rings. The van der Waals surface area contributed by atoms with Crippen LogP contribution in [-0.4, -0.2) is 46.0 Å². The number of rotatable bonds is 4. The van der Waals surface area contributed by atoms with Gasteiger partial charge in [-0.15, -0.1) is 0 Å². The Morgan fingerprint density at radius 1 is 1.17 bits per heavy atom. The van der Waals surface area contributed by atoms with Crippen LogP contribution < -0.4 is 15.2 Å². The molecule has 2 N–H and O–H groups in total. The Kier molecular flexibility index (Phi) is 3.80. The smallest absolute Gasteiger partial charge is 0.319 e. The zero-order valence-electron chi connectivity index (χ0n) is 15.9. The van der Waals surface area contributed by atoms with Gasteiger partial charge >= 0.3 is 6.01 Å². The predicted molar refractivity (Wildman–Crippen MR) is 103 cm³/mol. The first kappa shape index (κ1) is 17.6. The van der Waals surface area contributed by atoms with Crippen LogP contribution >= 0.6 is 0 Å². The van der Waals surface area contributed by atoms with Crippen molar-refractivity contribution in [3.8, 4) is 23.0 Å². The largest absolute Gasteiger partial charge is 0.480 e. The molecule has 1 saturated carbocycles. The predicted octanol–water partition coefficient (Wildman–Crippen LogP) is 2.55. The molecular formula is C20H18FN5O3. The molecule has 0 saturated heterocycles. The second kappa shape index (κ2) is 6.26.